The van der Waals surface area contributed by atoms with Crippen LogP contribution in [-0.4, -0.2) is 16.1 Å². The van der Waals surface area contributed by atoms with E-state index >= 15 is 0 Å². The molecule has 0 spiro atoms. The standard InChI is InChI=1S/C24H18F2N2O3/c1-14(15-5-7-17(8-6-15)24(29)30)28-23-22-16(11-12-27-23)3-2-4-21(22)31-18-9-10-19(25)20(26)13-18/h2-14H,1H3,(H,27,28)(H,29,30). The van der Waals surface area contributed by atoms with Gasteiger partial charge in [-0.2, -0.15) is 0 Å². The number of carboxylic acid groups (broad SMARTS) is 1. The van der Waals surface area contributed by atoms with Crippen LogP contribution in [0.2, 0.25) is 0 Å². The van der Waals surface area contributed by atoms with Gasteiger partial charge in [-0.05, 0) is 54.3 Å². The van der Waals surface area contributed by atoms with Crippen molar-refractivity contribution in [1.82, 2.24) is 4.98 Å². The van der Waals surface area contributed by atoms with E-state index in [2.05, 4.69) is 10.3 Å². The number of rotatable bonds is 6. The Balaban J connectivity index is 1.67. The molecule has 31 heavy (non-hydrogen) atoms. The Bertz CT molecular complexity index is 1250. The van der Waals surface area contributed by atoms with Crippen molar-refractivity contribution in [3.05, 3.63) is 95.7 Å². The first kappa shape index (κ1) is 20.3. The van der Waals surface area contributed by atoms with Gasteiger partial charge < -0.3 is 15.2 Å². The fourth-order valence-electron chi connectivity index (χ4n) is 3.26. The molecular weight excluding hydrogens is 402 g/mol. The van der Waals surface area contributed by atoms with E-state index in [0.717, 1.165) is 23.1 Å². The minimum absolute atomic E-state index is 0.165. The fraction of sp³-hybridized carbons (Fsp3) is 0.0833. The molecule has 1 atom stereocenters. The number of halogens is 2. The average Bonchev–Trinajstić information content (AvgIpc) is 2.76. The summed E-state index contributed by atoms with van der Waals surface area (Å²) in [6, 6.07) is 17.0. The van der Waals surface area contributed by atoms with Crippen molar-refractivity contribution in [3.63, 3.8) is 0 Å². The second kappa shape index (κ2) is 8.39. The van der Waals surface area contributed by atoms with Gasteiger partial charge in [0.2, 0.25) is 0 Å². The van der Waals surface area contributed by atoms with Gasteiger partial charge in [0, 0.05) is 18.3 Å². The van der Waals surface area contributed by atoms with Gasteiger partial charge in [0.15, 0.2) is 11.6 Å². The summed E-state index contributed by atoms with van der Waals surface area (Å²) in [6.07, 6.45) is 1.66. The number of pyridine rings is 1. The molecule has 5 nitrogen and oxygen atoms in total. The molecule has 0 saturated heterocycles. The van der Waals surface area contributed by atoms with Crippen LogP contribution < -0.4 is 10.1 Å². The Labute approximate surface area is 176 Å². The van der Waals surface area contributed by atoms with Crippen molar-refractivity contribution in [2.24, 2.45) is 0 Å². The molecule has 0 aliphatic heterocycles. The molecule has 1 heterocycles. The number of anilines is 1. The van der Waals surface area contributed by atoms with E-state index in [-0.39, 0.29) is 17.4 Å². The number of ether oxygens (including phenoxy) is 1. The zero-order valence-electron chi connectivity index (χ0n) is 16.5. The second-order valence-corrected chi connectivity index (χ2v) is 6.98. The molecule has 0 aliphatic carbocycles. The molecular formula is C24H18F2N2O3. The first-order valence-corrected chi connectivity index (χ1v) is 9.53. The predicted octanol–water partition coefficient (Wildman–Crippen LogP) is 6.18. The van der Waals surface area contributed by atoms with Gasteiger partial charge in [0.05, 0.1) is 10.9 Å². The number of hydrogen-bond donors (Lipinski definition) is 2. The summed E-state index contributed by atoms with van der Waals surface area (Å²) in [7, 11) is 0. The summed E-state index contributed by atoms with van der Waals surface area (Å²) >= 11 is 0. The molecule has 156 valence electrons. The maximum Gasteiger partial charge on any atom is 0.335 e. The van der Waals surface area contributed by atoms with Crippen molar-refractivity contribution in [3.8, 4) is 11.5 Å². The number of nitrogens with one attached hydrogen (secondary N) is 1. The summed E-state index contributed by atoms with van der Waals surface area (Å²) in [4.78, 5) is 15.5. The van der Waals surface area contributed by atoms with Gasteiger partial charge in [-0.3, -0.25) is 0 Å². The second-order valence-electron chi connectivity index (χ2n) is 6.98. The largest absolute Gasteiger partial charge is 0.478 e. The number of carboxylic acids is 1. The van der Waals surface area contributed by atoms with Crippen molar-refractivity contribution < 1.29 is 23.4 Å². The van der Waals surface area contributed by atoms with Crippen LogP contribution in [0, 0.1) is 11.6 Å². The molecule has 4 rings (SSSR count). The lowest BCUT2D eigenvalue weighted by Gasteiger charge is -2.18. The van der Waals surface area contributed by atoms with Crippen LogP contribution in [0.1, 0.15) is 28.9 Å². The van der Waals surface area contributed by atoms with Crippen LogP contribution in [0.4, 0.5) is 14.6 Å². The third-order valence-corrected chi connectivity index (χ3v) is 4.88. The molecule has 7 heteroatoms. The maximum atomic E-state index is 13.6. The predicted molar refractivity (Wildman–Crippen MR) is 114 cm³/mol. The SMILES string of the molecule is CC(Nc1nccc2cccc(Oc3ccc(F)c(F)c3)c12)c1ccc(C(=O)O)cc1. The molecule has 3 aromatic carbocycles. The quantitative estimate of drug-likeness (QED) is 0.390. The summed E-state index contributed by atoms with van der Waals surface area (Å²) in [5, 5.41) is 13.9. The van der Waals surface area contributed by atoms with Gasteiger partial charge in [-0.1, -0.05) is 24.3 Å². The highest BCUT2D eigenvalue weighted by Gasteiger charge is 2.14. The topological polar surface area (TPSA) is 71.5 Å². The molecule has 1 aromatic heterocycles. The summed E-state index contributed by atoms with van der Waals surface area (Å²) in [5.74, 6) is -1.77. The van der Waals surface area contributed by atoms with Gasteiger partial charge in [0.25, 0.3) is 0 Å². The Kier molecular flexibility index (Phi) is 5.49. The third kappa shape index (κ3) is 4.30. The van der Waals surface area contributed by atoms with E-state index < -0.39 is 17.6 Å². The molecule has 0 aliphatic rings. The van der Waals surface area contributed by atoms with E-state index in [1.807, 2.05) is 19.1 Å². The minimum Gasteiger partial charge on any atom is -0.478 e. The van der Waals surface area contributed by atoms with E-state index in [1.54, 1.807) is 42.6 Å². The van der Waals surface area contributed by atoms with Gasteiger partial charge in [-0.15, -0.1) is 0 Å². The molecule has 1 unspecified atom stereocenters. The molecule has 0 fully saturated rings. The van der Waals surface area contributed by atoms with E-state index in [1.165, 1.54) is 6.07 Å². The van der Waals surface area contributed by atoms with Crippen LogP contribution >= 0.6 is 0 Å². The molecule has 0 bridgehead atoms. The van der Waals surface area contributed by atoms with Crippen molar-refractivity contribution in [1.29, 1.82) is 0 Å². The smallest absolute Gasteiger partial charge is 0.335 e. The third-order valence-electron chi connectivity index (χ3n) is 4.88. The highest BCUT2D eigenvalue weighted by Crippen LogP contribution is 2.35. The van der Waals surface area contributed by atoms with Crippen LogP contribution in [0.15, 0.2) is 72.9 Å². The van der Waals surface area contributed by atoms with Crippen LogP contribution in [0.25, 0.3) is 10.8 Å². The van der Waals surface area contributed by atoms with E-state index in [0.29, 0.717) is 17.0 Å². The lowest BCUT2D eigenvalue weighted by atomic mass is 10.1. The molecule has 0 radical (unpaired) electrons. The Morgan fingerprint density at radius 2 is 1.81 bits per heavy atom. The summed E-state index contributed by atoms with van der Waals surface area (Å²) in [6.45, 7) is 1.93. The average molecular weight is 420 g/mol. The zero-order valence-corrected chi connectivity index (χ0v) is 16.5. The highest BCUT2D eigenvalue weighted by atomic mass is 19.2. The van der Waals surface area contributed by atoms with Crippen molar-refractivity contribution in [2.75, 3.05) is 5.32 Å². The van der Waals surface area contributed by atoms with Gasteiger partial charge >= 0.3 is 5.97 Å². The monoisotopic (exact) mass is 420 g/mol. The Morgan fingerprint density at radius 1 is 1.03 bits per heavy atom. The first-order chi connectivity index (χ1) is 14.9. The number of fused-ring (bicyclic) bond motifs is 1. The van der Waals surface area contributed by atoms with Crippen LogP contribution in [0.5, 0.6) is 11.5 Å². The van der Waals surface area contributed by atoms with Gasteiger partial charge in [0.1, 0.15) is 17.3 Å². The number of nitrogens with zero attached hydrogens (tertiary/aromatic N) is 1. The Morgan fingerprint density at radius 3 is 2.52 bits per heavy atom. The lowest BCUT2D eigenvalue weighted by Crippen LogP contribution is -2.09. The van der Waals surface area contributed by atoms with Crippen LogP contribution in [0.3, 0.4) is 0 Å². The zero-order chi connectivity index (χ0) is 22.0. The first-order valence-electron chi connectivity index (χ1n) is 9.53. The summed E-state index contributed by atoms with van der Waals surface area (Å²) in [5.41, 5.74) is 1.09. The minimum atomic E-state index is -0.993. The molecule has 4 aromatic rings. The molecule has 0 amide bonds. The Hall–Kier alpha value is -4.00. The number of benzene rings is 3. The van der Waals surface area contributed by atoms with Crippen molar-refractivity contribution >= 4 is 22.6 Å². The number of aromatic nitrogens is 1. The normalized spacial score (nSPS) is 11.8. The highest BCUT2D eigenvalue weighted by molar-refractivity contribution is 5.97. The van der Waals surface area contributed by atoms with Gasteiger partial charge in [-0.25, -0.2) is 18.6 Å². The lowest BCUT2D eigenvalue weighted by molar-refractivity contribution is 0.0697. The van der Waals surface area contributed by atoms with Crippen LogP contribution in [-0.2, 0) is 0 Å². The number of hydrogen-bond acceptors (Lipinski definition) is 4. The fourth-order valence-corrected chi connectivity index (χ4v) is 3.26. The van der Waals surface area contributed by atoms with E-state index in [9.17, 15) is 13.6 Å². The summed E-state index contributed by atoms with van der Waals surface area (Å²) < 4.78 is 32.7. The number of carbonyl (C=O) groups is 1. The van der Waals surface area contributed by atoms with E-state index in [4.69, 9.17) is 9.84 Å². The molecule has 0 saturated carbocycles. The van der Waals surface area contributed by atoms with Crippen molar-refractivity contribution in [2.45, 2.75) is 13.0 Å². The number of aromatic carboxylic acids is 1. The molecule has 2 N–H and O–H groups in total. The maximum absolute atomic E-state index is 13.6.